The molecule has 2 aliphatic carbocycles. The maximum atomic E-state index is 15.4. The highest BCUT2D eigenvalue weighted by Crippen LogP contribution is 2.47. The van der Waals surface area contributed by atoms with Crippen LogP contribution in [0, 0.1) is 17.8 Å². The second-order valence-electron chi connectivity index (χ2n) is 8.69. The fourth-order valence-electron chi connectivity index (χ4n) is 5.27. The molecule has 0 spiro atoms. The molecule has 0 nitrogen and oxygen atoms in total. The summed E-state index contributed by atoms with van der Waals surface area (Å²) in [5.41, 5.74) is -0.796. The Labute approximate surface area is 145 Å². The van der Waals surface area contributed by atoms with Gasteiger partial charge in [0.25, 0.3) is 0 Å². The largest absolute Gasteiger partial charge is 0.244 e. The van der Waals surface area contributed by atoms with Gasteiger partial charge in [0.2, 0.25) is 0 Å². The first-order chi connectivity index (χ1) is 11.2. The van der Waals surface area contributed by atoms with E-state index in [-0.39, 0.29) is 0 Å². The molecule has 2 rings (SSSR count). The van der Waals surface area contributed by atoms with E-state index in [9.17, 15) is 0 Å². The Morgan fingerprint density at radius 2 is 1.30 bits per heavy atom. The number of rotatable bonds is 9. The number of hydrogen-bond acceptors (Lipinski definition) is 0. The number of alkyl halides is 1. The molecule has 2 aliphatic rings. The van der Waals surface area contributed by atoms with Gasteiger partial charge >= 0.3 is 0 Å². The van der Waals surface area contributed by atoms with Gasteiger partial charge in [-0.2, -0.15) is 0 Å². The van der Waals surface area contributed by atoms with Gasteiger partial charge in [0, 0.05) is 0 Å². The summed E-state index contributed by atoms with van der Waals surface area (Å²) in [6.45, 7) is 4.56. The minimum Gasteiger partial charge on any atom is -0.244 e. The maximum Gasteiger partial charge on any atom is 0.113 e. The first kappa shape index (κ1) is 19.3. The summed E-state index contributed by atoms with van der Waals surface area (Å²) >= 11 is 0. The molecule has 2 saturated carbocycles. The lowest BCUT2D eigenvalue weighted by atomic mass is 9.66. The molecule has 0 unspecified atom stereocenters. The third kappa shape index (κ3) is 6.05. The third-order valence-electron chi connectivity index (χ3n) is 6.93. The van der Waals surface area contributed by atoms with Crippen molar-refractivity contribution in [3.8, 4) is 0 Å². The van der Waals surface area contributed by atoms with Crippen LogP contribution in [-0.4, -0.2) is 5.67 Å². The van der Waals surface area contributed by atoms with E-state index in [0.717, 1.165) is 24.7 Å². The van der Waals surface area contributed by atoms with Crippen LogP contribution in [0.5, 0.6) is 0 Å². The molecular formula is C22H41F. The standard InChI is InChI=1S/C22H41F/c1-3-5-6-7-8-10-20-15-17-22(23,18-16-20)21-13-11-19(9-4-2)12-14-21/h19-21H,3-18H2,1-2H3/t19-,20?,21-,22?. The molecule has 136 valence electrons. The van der Waals surface area contributed by atoms with Crippen LogP contribution in [0.4, 0.5) is 4.39 Å². The van der Waals surface area contributed by atoms with Crippen molar-refractivity contribution in [2.45, 2.75) is 122 Å². The van der Waals surface area contributed by atoms with Gasteiger partial charge in [-0.3, -0.25) is 0 Å². The maximum absolute atomic E-state index is 15.4. The number of halogens is 1. The van der Waals surface area contributed by atoms with E-state index in [1.54, 1.807) is 0 Å². The topological polar surface area (TPSA) is 0 Å². The van der Waals surface area contributed by atoms with Crippen molar-refractivity contribution in [2.75, 3.05) is 0 Å². The summed E-state index contributed by atoms with van der Waals surface area (Å²) in [6, 6.07) is 0. The molecule has 0 bridgehead atoms. The van der Waals surface area contributed by atoms with Gasteiger partial charge in [-0.05, 0) is 56.3 Å². The van der Waals surface area contributed by atoms with Gasteiger partial charge in [0.05, 0.1) is 0 Å². The first-order valence-corrected chi connectivity index (χ1v) is 10.9. The van der Waals surface area contributed by atoms with Gasteiger partial charge < -0.3 is 0 Å². The molecule has 0 aromatic heterocycles. The molecule has 2 fully saturated rings. The van der Waals surface area contributed by atoms with Crippen molar-refractivity contribution in [3.63, 3.8) is 0 Å². The van der Waals surface area contributed by atoms with Crippen LogP contribution in [-0.2, 0) is 0 Å². The van der Waals surface area contributed by atoms with Crippen LogP contribution in [0.2, 0.25) is 0 Å². The summed E-state index contributed by atoms with van der Waals surface area (Å²) in [5.74, 6) is 2.12. The highest BCUT2D eigenvalue weighted by Gasteiger charge is 2.43. The lowest BCUT2D eigenvalue weighted by Gasteiger charge is -2.42. The molecule has 0 aromatic carbocycles. The molecule has 0 radical (unpaired) electrons. The van der Waals surface area contributed by atoms with E-state index >= 15 is 4.39 Å². The fraction of sp³-hybridized carbons (Fsp3) is 1.00. The molecule has 0 heterocycles. The second-order valence-corrected chi connectivity index (χ2v) is 8.69. The molecule has 0 N–H and O–H groups in total. The quantitative estimate of drug-likeness (QED) is 0.379. The Morgan fingerprint density at radius 3 is 1.91 bits per heavy atom. The van der Waals surface area contributed by atoms with Crippen molar-refractivity contribution in [1.82, 2.24) is 0 Å². The average molecular weight is 325 g/mol. The fourth-order valence-corrected chi connectivity index (χ4v) is 5.27. The van der Waals surface area contributed by atoms with Crippen LogP contribution in [0.25, 0.3) is 0 Å². The smallest absolute Gasteiger partial charge is 0.113 e. The van der Waals surface area contributed by atoms with E-state index < -0.39 is 5.67 Å². The van der Waals surface area contributed by atoms with Gasteiger partial charge in [0.1, 0.15) is 5.67 Å². The van der Waals surface area contributed by atoms with Crippen LogP contribution in [0.15, 0.2) is 0 Å². The minimum atomic E-state index is -0.796. The van der Waals surface area contributed by atoms with Crippen molar-refractivity contribution < 1.29 is 4.39 Å². The normalized spacial score (nSPS) is 35.3. The zero-order chi connectivity index (χ0) is 16.5. The highest BCUT2D eigenvalue weighted by atomic mass is 19.1. The molecule has 0 amide bonds. The van der Waals surface area contributed by atoms with Crippen molar-refractivity contribution in [2.24, 2.45) is 17.8 Å². The predicted molar refractivity (Wildman–Crippen MR) is 99.5 cm³/mol. The summed E-state index contributed by atoms with van der Waals surface area (Å²) in [5, 5.41) is 0. The van der Waals surface area contributed by atoms with Crippen LogP contribution in [0.3, 0.4) is 0 Å². The Balaban J connectivity index is 1.64. The number of hydrogen-bond donors (Lipinski definition) is 0. The van der Waals surface area contributed by atoms with E-state index in [4.69, 9.17) is 0 Å². The molecule has 0 aliphatic heterocycles. The second kappa shape index (κ2) is 10.0. The lowest BCUT2D eigenvalue weighted by Crippen LogP contribution is -2.39. The summed E-state index contributed by atoms with van der Waals surface area (Å²) in [6.07, 6.45) is 19.9. The molecule has 0 saturated heterocycles. The summed E-state index contributed by atoms with van der Waals surface area (Å²) < 4.78 is 15.4. The van der Waals surface area contributed by atoms with E-state index in [2.05, 4.69) is 13.8 Å². The Hall–Kier alpha value is -0.0700. The highest BCUT2D eigenvalue weighted by molar-refractivity contribution is 4.93. The minimum absolute atomic E-state index is 0.390. The van der Waals surface area contributed by atoms with Crippen LogP contribution >= 0.6 is 0 Å². The van der Waals surface area contributed by atoms with Crippen molar-refractivity contribution in [3.05, 3.63) is 0 Å². The molecule has 23 heavy (non-hydrogen) atoms. The van der Waals surface area contributed by atoms with Crippen LogP contribution < -0.4 is 0 Å². The zero-order valence-corrected chi connectivity index (χ0v) is 15.9. The third-order valence-corrected chi connectivity index (χ3v) is 6.93. The SMILES string of the molecule is CCCCCCCC1CCC(F)([C@H]2CC[C@H](CCC)CC2)CC1. The summed E-state index contributed by atoms with van der Waals surface area (Å²) in [7, 11) is 0. The van der Waals surface area contributed by atoms with Gasteiger partial charge in [-0.25, -0.2) is 4.39 Å². The van der Waals surface area contributed by atoms with Gasteiger partial charge in [-0.1, -0.05) is 78.1 Å². The number of unbranched alkanes of at least 4 members (excludes halogenated alkanes) is 4. The zero-order valence-electron chi connectivity index (χ0n) is 15.9. The van der Waals surface area contributed by atoms with Gasteiger partial charge in [0.15, 0.2) is 0 Å². The van der Waals surface area contributed by atoms with E-state index in [1.165, 1.54) is 89.9 Å². The van der Waals surface area contributed by atoms with Gasteiger partial charge in [-0.15, -0.1) is 0 Å². The summed E-state index contributed by atoms with van der Waals surface area (Å²) in [4.78, 5) is 0. The molecule has 1 heteroatoms. The van der Waals surface area contributed by atoms with Crippen LogP contribution in [0.1, 0.15) is 117 Å². The lowest BCUT2D eigenvalue weighted by molar-refractivity contribution is -0.00289. The Morgan fingerprint density at radius 1 is 0.696 bits per heavy atom. The monoisotopic (exact) mass is 324 g/mol. The Bertz CT molecular complexity index is 295. The van der Waals surface area contributed by atoms with Crippen molar-refractivity contribution in [1.29, 1.82) is 0 Å². The Kier molecular flexibility index (Phi) is 8.41. The van der Waals surface area contributed by atoms with E-state index in [1.807, 2.05) is 0 Å². The molecule has 0 atom stereocenters. The molecular weight excluding hydrogens is 283 g/mol. The average Bonchev–Trinajstić information content (AvgIpc) is 2.57. The van der Waals surface area contributed by atoms with Crippen molar-refractivity contribution >= 4 is 0 Å². The van der Waals surface area contributed by atoms with E-state index in [0.29, 0.717) is 5.92 Å². The first-order valence-electron chi connectivity index (χ1n) is 10.9. The predicted octanol–water partition coefficient (Wildman–Crippen LogP) is 7.85. The molecule has 0 aromatic rings.